The zero-order chi connectivity index (χ0) is 13.2. The van der Waals surface area contributed by atoms with Crippen LogP contribution in [0.2, 0.25) is 0 Å². The predicted molar refractivity (Wildman–Crippen MR) is 76.1 cm³/mol. The molecule has 2 unspecified atom stereocenters. The molecule has 2 atom stereocenters. The van der Waals surface area contributed by atoms with Crippen LogP contribution in [0, 0.1) is 11.3 Å². The molecule has 2 fully saturated rings. The highest BCUT2D eigenvalue weighted by Gasteiger charge is 2.40. The number of hydrogen-bond acceptors (Lipinski definition) is 3. The standard InChI is InChI=1S/C14H25NO2S/c1-14(2,13(16)17)11-5-3-7-15(9-11)12-6-4-8-18-10-12/h11-12H,3-10H2,1-2H3,(H,16,17). The Hall–Kier alpha value is -0.220. The van der Waals surface area contributed by atoms with Gasteiger partial charge in [0.05, 0.1) is 5.41 Å². The molecular formula is C14H25NO2S. The van der Waals surface area contributed by atoms with Crippen molar-refractivity contribution in [3.05, 3.63) is 0 Å². The van der Waals surface area contributed by atoms with Crippen molar-refractivity contribution in [1.29, 1.82) is 0 Å². The second-order valence-electron chi connectivity index (χ2n) is 6.23. The number of nitrogens with zero attached hydrogens (tertiary/aromatic N) is 1. The number of likely N-dealkylation sites (tertiary alicyclic amines) is 1. The zero-order valence-electron chi connectivity index (χ0n) is 11.5. The van der Waals surface area contributed by atoms with Gasteiger partial charge in [-0.15, -0.1) is 0 Å². The van der Waals surface area contributed by atoms with E-state index in [1.54, 1.807) is 0 Å². The molecule has 2 saturated heterocycles. The maximum atomic E-state index is 11.4. The van der Waals surface area contributed by atoms with Gasteiger partial charge in [-0.2, -0.15) is 11.8 Å². The molecule has 2 aliphatic heterocycles. The Morgan fingerprint density at radius 3 is 2.72 bits per heavy atom. The normalized spacial score (nSPS) is 31.2. The molecule has 0 aliphatic carbocycles. The molecule has 3 nitrogen and oxygen atoms in total. The fourth-order valence-electron chi connectivity index (χ4n) is 3.11. The minimum Gasteiger partial charge on any atom is -0.481 e. The number of hydrogen-bond donors (Lipinski definition) is 1. The molecule has 0 amide bonds. The van der Waals surface area contributed by atoms with E-state index in [1.807, 2.05) is 13.8 Å². The Morgan fingerprint density at radius 2 is 2.11 bits per heavy atom. The van der Waals surface area contributed by atoms with Crippen molar-refractivity contribution in [3.63, 3.8) is 0 Å². The summed E-state index contributed by atoms with van der Waals surface area (Å²) in [7, 11) is 0. The Bertz CT molecular complexity index is 300. The van der Waals surface area contributed by atoms with E-state index in [-0.39, 0.29) is 0 Å². The van der Waals surface area contributed by atoms with Gasteiger partial charge in [0.1, 0.15) is 0 Å². The van der Waals surface area contributed by atoms with Gasteiger partial charge in [0.25, 0.3) is 0 Å². The molecular weight excluding hydrogens is 246 g/mol. The van der Waals surface area contributed by atoms with Crippen LogP contribution in [0.15, 0.2) is 0 Å². The third-order valence-electron chi connectivity index (χ3n) is 4.68. The van der Waals surface area contributed by atoms with Gasteiger partial charge in [-0.3, -0.25) is 9.69 Å². The largest absolute Gasteiger partial charge is 0.481 e. The van der Waals surface area contributed by atoms with Crippen LogP contribution in [0.4, 0.5) is 0 Å². The first kappa shape index (κ1) is 14.2. The molecule has 4 heteroatoms. The van der Waals surface area contributed by atoms with Crippen LogP contribution in [0.25, 0.3) is 0 Å². The van der Waals surface area contributed by atoms with E-state index in [0.717, 1.165) is 25.9 Å². The van der Waals surface area contributed by atoms with Crippen LogP contribution >= 0.6 is 11.8 Å². The first-order valence-electron chi connectivity index (χ1n) is 7.07. The highest BCUT2D eigenvalue weighted by Crippen LogP contribution is 2.36. The van der Waals surface area contributed by atoms with Gasteiger partial charge in [0, 0.05) is 18.3 Å². The summed E-state index contributed by atoms with van der Waals surface area (Å²) in [5.41, 5.74) is -0.583. The third-order valence-corrected chi connectivity index (χ3v) is 5.88. The fourth-order valence-corrected chi connectivity index (χ4v) is 4.30. The second kappa shape index (κ2) is 5.83. The molecule has 0 aromatic rings. The Kier molecular flexibility index (Phi) is 4.59. The van der Waals surface area contributed by atoms with Crippen molar-refractivity contribution >= 4 is 17.7 Å². The number of aliphatic carboxylic acids is 1. The minimum atomic E-state index is -0.646. The number of carboxylic acids is 1. The quantitative estimate of drug-likeness (QED) is 0.857. The fraction of sp³-hybridized carbons (Fsp3) is 0.929. The molecule has 2 heterocycles. The first-order chi connectivity index (χ1) is 8.51. The molecule has 2 aliphatic rings. The molecule has 0 aromatic carbocycles. The molecule has 0 spiro atoms. The summed E-state index contributed by atoms with van der Waals surface area (Å²) in [6.07, 6.45) is 4.84. The Morgan fingerprint density at radius 1 is 1.33 bits per heavy atom. The smallest absolute Gasteiger partial charge is 0.309 e. The van der Waals surface area contributed by atoms with E-state index >= 15 is 0 Å². The summed E-state index contributed by atoms with van der Waals surface area (Å²) in [6, 6.07) is 0.691. The third kappa shape index (κ3) is 3.02. The lowest BCUT2D eigenvalue weighted by molar-refractivity contribution is -0.151. The number of thioether (sulfide) groups is 1. The SMILES string of the molecule is CC(C)(C(=O)O)C1CCCN(C2CCCSC2)C1. The van der Waals surface area contributed by atoms with E-state index in [2.05, 4.69) is 16.7 Å². The van der Waals surface area contributed by atoms with Crippen molar-refractivity contribution in [2.45, 2.75) is 45.6 Å². The van der Waals surface area contributed by atoms with Crippen LogP contribution in [-0.4, -0.2) is 46.6 Å². The highest BCUT2D eigenvalue weighted by molar-refractivity contribution is 7.99. The van der Waals surface area contributed by atoms with E-state index in [1.165, 1.54) is 24.3 Å². The van der Waals surface area contributed by atoms with Crippen molar-refractivity contribution < 1.29 is 9.90 Å². The van der Waals surface area contributed by atoms with Crippen molar-refractivity contribution in [3.8, 4) is 0 Å². The maximum Gasteiger partial charge on any atom is 0.309 e. The molecule has 2 rings (SSSR count). The number of carboxylic acid groups (broad SMARTS) is 1. The van der Waals surface area contributed by atoms with Crippen molar-refractivity contribution in [2.75, 3.05) is 24.6 Å². The van der Waals surface area contributed by atoms with Gasteiger partial charge in [0.2, 0.25) is 0 Å². The lowest BCUT2D eigenvalue weighted by Gasteiger charge is -2.43. The number of carbonyl (C=O) groups is 1. The van der Waals surface area contributed by atoms with Crippen molar-refractivity contribution in [2.24, 2.45) is 11.3 Å². The molecule has 0 bridgehead atoms. The van der Waals surface area contributed by atoms with Crippen LogP contribution < -0.4 is 0 Å². The van der Waals surface area contributed by atoms with Gasteiger partial charge in [-0.05, 0) is 57.7 Å². The van der Waals surface area contributed by atoms with Crippen molar-refractivity contribution in [1.82, 2.24) is 4.90 Å². The van der Waals surface area contributed by atoms with Crippen LogP contribution in [0.1, 0.15) is 39.5 Å². The molecule has 0 aromatic heterocycles. The molecule has 18 heavy (non-hydrogen) atoms. The molecule has 0 radical (unpaired) electrons. The number of rotatable bonds is 3. The molecule has 0 saturated carbocycles. The summed E-state index contributed by atoms with van der Waals surface area (Å²) in [5.74, 6) is 2.19. The molecule has 1 N–H and O–H groups in total. The Labute approximate surface area is 114 Å². The zero-order valence-corrected chi connectivity index (χ0v) is 12.3. The minimum absolute atomic E-state index is 0.302. The summed E-state index contributed by atoms with van der Waals surface area (Å²) in [6.45, 7) is 5.92. The second-order valence-corrected chi connectivity index (χ2v) is 7.38. The highest BCUT2D eigenvalue weighted by atomic mass is 32.2. The topological polar surface area (TPSA) is 40.5 Å². The van der Waals surface area contributed by atoms with E-state index < -0.39 is 11.4 Å². The van der Waals surface area contributed by atoms with E-state index in [9.17, 15) is 9.90 Å². The lowest BCUT2D eigenvalue weighted by atomic mass is 9.74. The average Bonchev–Trinajstić information content (AvgIpc) is 2.40. The van der Waals surface area contributed by atoms with Gasteiger partial charge < -0.3 is 5.11 Å². The van der Waals surface area contributed by atoms with Gasteiger partial charge >= 0.3 is 5.97 Å². The summed E-state index contributed by atoms with van der Waals surface area (Å²) in [5, 5.41) is 9.37. The van der Waals surface area contributed by atoms with E-state index in [4.69, 9.17) is 0 Å². The van der Waals surface area contributed by atoms with Crippen LogP contribution in [0.3, 0.4) is 0 Å². The van der Waals surface area contributed by atoms with E-state index in [0.29, 0.717) is 12.0 Å². The van der Waals surface area contributed by atoms with Gasteiger partial charge in [-0.1, -0.05) is 0 Å². The Balaban J connectivity index is 1.97. The van der Waals surface area contributed by atoms with Crippen LogP contribution in [0.5, 0.6) is 0 Å². The monoisotopic (exact) mass is 271 g/mol. The summed E-state index contributed by atoms with van der Waals surface area (Å²) >= 11 is 2.05. The van der Waals surface area contributed by atoms with Crippen LogP contribution in [-0.2, 0) is 4.79 Å². The first-order valence-corrected chi connectivity index (χ1v) is 8.22. The molecule has 104 valence electrons. The predicted octanol–water partition coefficient (Wildman–Crippen LogP) is 2.70. The average molecular weight is 271 g/mol. The number of piperidine rings is 1. The van der Waals surface area contributed by atoms with Gasteiger partial charge in [0.15, 0.2) is 0 Å². The summed E-state index contributed by atoms with van der Waals surface area (Å²) in [4.78, 5) is 13.9. The summed E-state index contributed by atoms with van der Waals surface area (Å²) < 4.78 is 0. The lowest BCUT2D eigenvalue weighted by Crippen LogP contribution is -2.49. The van der Waals surface area contributed by atoms with Gasteiger partial charge in [-0.25, -0.2) is 0 Å². The maximum absolute atomic E-state index is 11.4.